The molecule has 0 aliphatic heterocycles. The van der Waals surface area contributed by atoms with Crippen LogP contribution in [-0.2, 0) is 11.3 Å². The SMILES string of the molecule is CCCCCCOCc1ccc(N)cc1N. The summed E-state index contributed by atoms with van der Waals surface area (Å²) in [5.41, 5.74) is 13.9. The Labute approximate surface area is 97.8 Å². The molecule has 1 rings (SSSR count). The highest BCUT2D eigenvalue weighted by Gasteiger charge is 1.99. The molecule has 0 unspecified atom stereocenters. The van der Waals surface area contributed by atoms with Crippen LogP contribution in [0.5, 0.6) is 0 Å². The zero-order valence-corrected chi connectivity index (χ0v) is 10.0. The van der Waals surface area contributed by atoms with Crippen molar-refractivity contribution in [1.29, 1.82) is 0 Å². The molecule has 1 aromatic rings. The summed E-state index contributed by atoms with van der Waals surface area (Å²) < 4.78 is 5.57. The topological polar surface area (TPSA) is 61.3 Å². The van der Waals surface area contributed by atoms with Crippen LogP contribution in [0.25, 0.3) is 0 Å². The number of unbranched alkanes of at least 4 members (excludes halogenated alkanes) is 3. The summed E-state index contributed by atoms with van der Waals surface area (Å²) in [7, 11) is 0. The first kappa shape index (κ1) is 12.8. The third-order valence-corrected chi connectivity index (χ3v) is 2.57. The fraction of sp³-hybridized carbons (Fsp3) is 0.538. The maximum atomic E-state index is 5.82. The van der Waals surface area contributed by atoms with Gasteiger partial charge in [-0.05, 0) is 18.6 Å². The van der Waals surface area contributed by atoms with Gasteiger partial charge in [0.1, 0.15) is 0 Å². The van der Waals surface area contributed by atoms with Crippen molar-refractivity contribution >= 4 is 11.4 Å². The van der Waals surface area contributed by atoms with Crippen LogP contribution in [0.3, 0.4) is 0 Å². The molecule has 0 bridgehead atoms. The average molecular weight is 222 g/mol. The zero-order chi connectivity index (χ0) is 11.8. The van der Waals surface area contributed by atoms with Gasteiger partial charge in [-0.1, -0.05) is 32.3 Å². The minimum Gasteiger partial charge on any atom is -0.399 e. The van der Waals surface area contributed by atoms with Crippen LogP contribution >= 0.6 is 0 Å². The molecule has 0 saturated heterocycles. The molecular formula is C13H22N2O. The molecule has 1 aromatic carbocycles. The fourth-order valence-electron chi connectivity index (χ4n) is 1.56. The van der Waals surface area contributed by atoms with Gasteiger partial charge in [0.25, 0.3) is 0 Å². The van der Waals surface area contributed by atoms with Crippen molar-refractivity contribution in [2.24, 2.45) is 0 Å². The molecule has 0 aromatic heterocycles. The van der Waals surface area contributed by atoms with Crippen LogP contribution in [-0.4, -0.2) is 6.61 Å². The van der Waals surface area contributed by atoms with Gasteiger partial charge >= 0.3 is 0 Å². The summed E-state index contributed by atoms with van der Waals surface area (Å²) in [5, 5.41) is 0. The zero-order valence-electron chi connectivity index (χ0n) is 10.0. The summed E-state index contributed by atoms with van der Waals surface area (Å²) in [6, 6.07) is 5.55. The van der Waals surface area contributed by atoms with E-state index < -0.39 is 0 Å². The predicted octanol–water partition coefficient (Wildman–Crippen LogP) is 2.95. The van der Waals surface area contributed by atoms with Crippen molar-refractivity contribution in [1.82, 2.24) is 0 Å². The molecule has 0 heterocycles. The van der Waals surface area contributed by atoms with Gasteiger partial charge in [-0.25, -0.2) is 0 Å². The van der Waals surface area contributed by atoms with Gasteiger partial charge in [-0.2, -0.15) is 0 Å². The molecule has 0 aliphatic carbocycles. The maximum Gasteiger partial charge on any atom is 0.0736 e. The Morgan fingerprint density at radius 2 is 1.94 bits per heavy atom. The van der Waals surface area contributed by atoms with Crippen molar-refractivity contribution in [3.8, 4) is 0 Å². The van der Waals surface area contributed by atoms with Crippen molar-refractivity contribution in [2.45, 2.75) is 39.2 Å². The Morgan fingerprint density at radius 3 is 2.62 bits per heavy atom. The van der Waals surface area contributed by atoms with Gasteiger partial charge in [-0.15, -0.1) is 0 Å². The van der Waals surface area contributed by atoms with Gasteiger partial charge in [0.15, 0.2) is 0 Å². The van der Waals surface area contributed by atoms with Crippen LogP contribution < -0.4 is 11.5 Å². The number of nitrogen functional groups attached to an aromatic ring is 2. The molecular weight excluding hydrogens is 200 g/mol. The molecule has 0 fully saturated rings. The molecule has 0 amide bonds. The van der Waals surface area contributed by atoms with Gasteiger partial charge in [0.05, 0.1) is 6.61 Å². The van der Waals surface area contributed by atoms with Crippen LogP contribution in [0.2, 0.25) is 0 Å². The molecule has 16 heavy (non-hydrogen) atoms. The molecule has 3 heteroatoms. The van der Waals surface area contributed by atoms with Crippen molar-refractivity contribution in [3.63, 3.8) is 0 Å². The van der Waals surface area contributed by atoms with Gasteiger partial charge < -0.3 is 16.2 Å². The molecule has 0 spiro atoms. The third kappa shape index (κ3) is 4.53. The van der Waals surface area contributed by atoms with Crippen LogP contribution in [0, 0.1) is 0 Å². The maximum absolute atomic E-state index is 5.82. The van der Waals surface area contributed by atoms with E-state index >= 15 is 0 Å². The van der Waals surface area contributed by atoms with E-state index in [-0.39, 0.29) is 0 Å². The number of ether oxygens (including phenoxy) is 1. The molecule has 90 valence electrons. The van der Waals surface area contributed by atoms with Crippen molar-refractivity contribution in [3.05, 3.63) is 23.8 Å². The first-order valence-corrected chi connectivity index (χ1v) is 5.95. The lowest BCUT2D eigenvalue weighted by Crippen LogP contribution is -2.00. The quantitative estimate of drug-likeness (QED) is 0.551. The van der Waals surface area contributed by atoms with E-state index in [0.29, 0.717) is 18.0 Å². The Kier molecular flexibility index (Phi) is 5.72. The van der Waals surface area contributed by atoms with Crippen molar-refractivity contribution < 1.29 is 4.74 Å². The van der Waals surface area contributed by atoms with Gasteiger partial charge in [0.2, 0.25) is 0 Å². The number of anilines is 2. The largest absolute Gasteiger partial charge is 0.399 e. The average Bonchev–Trinajstić information content (AvgIpc) is 2.26. The normalized spacial score (nSPS) is 10.6. The number of nitrogens with two attached hydrogens (primary N) is 2. The standard InChI is InChI=1S/C13H22N2O/c1-2-3-4-5-8-16-10-11-6-7-12(14)9-13(11)15/h6-7,9H,2-5,8,10,14-15H2,1H3. The lowest BCUT2D eigenvalue weighted by atomic mass is 10.2. The smallest absolute Gasteiger partial charge is 0.0736 e. The monoisotopic (exact) mass is 222 g/mol. The van der Waals surface area contributed by atoms with E-state index in [1.807, 2.05) is 12.1 Å². The van der Waals surface area contributed by atoms with E-state index in [1.165, 1.54) is 19.3 Å². The lowest BCUT2D eigenvalue weighted by molar-refractivity contribution is 0.117. The highest BCUT2D eigenvalue weighted by molar-refractivity contribution is 5.56. The molecule has 4 N–H and O–H groups in total. The minimum atomic E-state index is 0.582. The predicted molar refractivity (Wildman–Crippen MR) is 69.1 cm³/mol. The molecule has 0 radical (unpaired) electrons. The number of hydrogen-bond donors (Lipinski definition) is 2. The van der Waals surface area contributed by atoms with E-state index in [9.17, 15) is 0 Å². The molecule has 0 saturated carbocycles. The third-order valence-electron chi connectivity index (χ3n) is 2.57. The number of benzene rings is 1. The second-order valence-electron chi connectivity index (χ2n) is 4.07. The van der Waals surface area contributed by atoms with Crippen molar-refractivity contribution in [2.75, 3.05) is 18.1 Å². The van der Waals surface area contributed by atoms with Crippen LogP contribution in [0.1, 0.15) is 38.2 Å². The second-order valence-corrected chi connectivity index (χ2v) is 4.07. The number of rotatable bonds is 7. The Morgan fingerprint density at radius 1 is 1.12 bits per heavy atom. The molecule has 0 atom stereocenters. The Balaban J connectivity index is 2.21. The fourth-order valence-corrected chi connectivity index (χ4v) is 1.56. The van der Waals surface area contributed by atoms with E-state index in [1.54, 1.807) is 6.07 Å². The van der Waals surface area contributed by atoms with Crippen LogP contribution in [0.4, 0.5) is 11.4 Å². The highest BCUT2D eigenvalue weighted by Crippen LogP contribution is 2.16. The Hall–Kier alpha value is -1.22. The van der Waals surface area contributed by atoms with E-state index in [0.717, 1.165) is 18.6 Å². The van der Waals surface area contributed by atoms with Crippen LogP contribution in [0.15, 0.2) is 18.2 Å². The summed E-state index contributed by atoms with van der Waals surface area (Å²) >= 11 is 0. The van der Waals surface area contributed by atoms with E-state index in [2.05, 4.69) is 6.92 Å². The van der Waals surface area contributed by atoms with E-state index in [4.69, 9.17) is 16.2 Å². The highest BCUT2D eigenvalue weighted by atomic mass is 16.5. The van der Waals surface area contributed by atoms with Gasteiger partial charge in [-0.3, -0.25) is 0 Å². The first-order valence-electron chi connectivity index (χ1n) is 5.95. The molecule has 0 aliphatic rings. The lowest BCUT2D eigenvalue weighted by Gasteiger charge is -2.07. The Bertz CT molecular complexity index is 313. The molecule has 3 nitrogen and oxygen atoms in total. The second kappa shape index (κ2) is 7.12. The van der Waals surface area contributed by atoms with Gasteiger partial charge in [0, 0.05) is 23.5 Å². The first-order chi connectivity index (χ1) is 7.74. The number of hydrogen-bond acceptors (Lipinski definition) is 3. The summed E-state index contributed by atoms with van der Waals surface area (Å²) in [6.07, 6.45) is 4.91. The summed E-state index contributed by atoms with van der Waals surface area (Å²) in [6.45, 7) is 3.60. The minimum absolute atomic E-state index is 0.582. The summed E-state index contributed by atoms with van der Waals surface area (Å²) in [5.74, 6) is 0. The summed E-state index contributed by atoms with van der Waals surface area (Å²) in [4.78, 5) is 0.